The van der Waals surface area contributed by atoms with Crippen LogP contribution in [0.5, 0.6) is 5.75 Å². The number of aromatic nitrogens is 1. The fraction of sp³-hybridized carbons (Fsp3) is 0.333. The van der Waals surface area contributed by atoms with Crippen molar-refractivity contribution in [2.45, 2.75) is 19.9 Å². The Hall–Kier alpha value is -1.78. The average Bonchev–Trinajstić information content (AvgIpc) is 2.13. The standard InChI is InChI=1S/C9H11NO4/c1-2-10-4-3-7(11)9(14)6(10)5-8(12)13/h3-4,14H,2,5H2,1H3,(H,12,13). The largest absolute Gasteiger partial charge is 0.503 e. The Labute approximate surface area is 80.2 Å². The summed E-state index contributed by atoms with van der Waals surface area (Å²) >= 11 is 0. The minimum Gasteiger partial charge on any atom is -0.503 e. The van der Waals surface area contributed by atoms with Crippen molar-refractivity contribution in [1.29, 1.82) is 0 Å². The summed E-state index contributed by atoms with van der Waals surface area (Å²) < 4.78 is 1.53. The minimum atomic E-state index is -1.08. The summed E-state index contributed by atoms with van der Waals surface area (Å²) in [6.07, 6.45) is 1.12. The molecule has 76 valence electrons. The number of nitrogens with zero attached hydrogens (tertiary/aromatic N) is 1. The first kappa shape index (κ1) is 10.3. The van der Waals surface area contributed by atoms with E-state index in [1.807, 2.05) is 0 Å². The van der Waals surface area contributed by atoms with Crippen LogP contribution in [0.1, 0.15) is 12.6 Å². The third-order valence-corrected chi connectivity index (χ3v) is 1.92. The smallest absolute Gasteiger partial charge is 0.309 e. The lowest BCUT2D eigenvalue weighted by Crippen LogP contribution is -2.15. The van der Waals surface area contributed by atoms with Gasteiger partial charge < -0.3 is 14.8 Å². The van der Waals surface area contributed by atoms with Crippen molar-refractivity contribution in [3.05, 3.63) is 28.2 Å². The normalized spacial score (nSPS) is 10.1. The van der Waals surface area contributed by atoms with E-state index >= 15 is 0 Å². The van der Waals surface area contributed by atoms with Crippen LogP contribution in [0.4, 0.5) is 0 Å². The SMILES string of the molecule is CCn1ccc(=O)c(O)c1CC(=O)O. The van der Waals surface area contributed by atoms with Crippen molar-refractivity contribution in [1.82, 2.24) is 4.57 Å². The summed E-state index contributed by atoms with van der Waals surface area (Å²) in [6.45, 7) is 2.31. The molecule has 0 unspecified atom stereocenters. The van der Waals surface area contributed by atoms with E-state index in [-0.39, 0.29) is 12.1 Å². The van der Waals surface area contributed by atoms with Crippen molar-refractivity contribution in [2.75, 3.05) is 0 Å². The van der Waals surface area contributed by atoms with Gasteiger partial charge >= 0.3 is 5.97 Å². The number of carboxylic acids is 1. The zero-order valence-corrected chi connectivity index (χ0v) is 7.73. The number of hydrogen-bond donors (Lipinski definition) is 2. The number of aromatic hydroxyl groups is 1. The molecule has 0 saturated heterocycles. The van der Waals surface area contributed by atoms with Crippen molar-refractivity contribution in [3.63, 3.8) is 0 Å². The average molecular weight is 197 g/mol. The molecule has 0 radical (unpaired) electrons. The molecule has 1 rings (SSSR count). The Morgan fingerprint density at radius 1 is 1.57 bits per heavy atom. The minimum absolute atomic E-state index is 0.146. The molecule has 0 aliphatic rings. The zero-order chi connectivity index (χ0) is 10.7. The molecule has 5 heteroatoms. The highest BCUT2D eigenvalue weighted by Crippen LogP contribution is 2.11. The van der Waals surface area contributed by atoms with E-state index in [0.29, 0.717) is 6.54 Å². The van der Waals surface area contributed by atoms with Crippen LogP contribution >= 0.6 is 0 Å². The number of carbonyl (C=O) groups is 1. The second-order valence-corrected chi connectivity index (χ2v) is 2.83. The lowest BCUT2D eigenvalue weighted by Gasteiger charge is -2.10. The van der Waals surface area contributed by atoms with Gasteiger partial charge in [-0.3, -0.25) is 9.59 Å². The first-order chi connectivity index (χ1) is 6.56. The molecule has 0 aliphatic heterocycles. The molecule has 14 heavy (non-hydrogen) atoms. The van der Waals surface area contributed by atoms with Crippen molar-refractivity contribution >= 4 is 5.97 Å². The second kappa shape index (κ2) is 3.95. The first-order valence-electron chi connectivity index (χ1n) is 4.19. The molecule has 0 amide bonds. The van der Waals surface area contributed by atoms with Crippen molar-refractivity contribution < 1.29 is 15.0 Å². The van der Waals surface area contributed by atoms with Gasteiger partial charge in [-0.15, -0.1) is 0 Å². The van der Waals surface area contributed by atoms with Crippen LogP contribution in [-0.4, -0.2) is 20.7 Å². The monoisotopic (exact) mass is 197 g/mol. The van der Waals surface area contributed by atoms with Crippen LogP contribution < -0.4 is 5.43 Å². The second-order valence-electron chi connectivity index (χ2n) is 2.83. The lowest BCUT2D eigenvalue weighted by atomic mass is 10.2. The Morgan fingerprint density at radius 2 is 2.21 bits per heavy atom. The summed E-state index contributed by atoms with van der Waals surface area (Å²) in [5, 5.41) is 17.9. The molecule has 1 heterocycles. The van der Waals surface area contributed by atoms with Gasteiger partial charge in [0.15, 0.2) is 5.75 Å². The van der Waals surface area contributed by atoms with Gasteiger partial charge in [0.05, 0.1) is 12.1 Å². The number of hydrogen-bond acceptors (Lipinski definition) is 3. The number of aliphatic carboxylic acids is 1. The molecule has 0 aliphatic carbocycles. The molecule has 1 aromatic rings. The van der Waals surface area contributed by atoms with Crippen LogP contribution in [0.25, 0.3) is 0 Å². The first-order valence-corrected chi connectivity index (χ1v) is 4.19. The van der Waals surface area contributed by atoms with E-state index in [2.05, 4.69) is 0 Å². The van der Waals surface area contributed by atoms with E-state index in [1.54, 1.807) is 6.92 Å². The maximum atomic E-state index is 11.0. The van der Waals surface area contributed by atoms with Crippen LogP contribution in [0.15, 0.2) is 17.1 Å². The molecule has 0 bridgehead atoms. The van der Waals surface area contributed by atoms with E-state index in [9.17, 15) is 14.7 Å². The number of aryl methyl sites for hydroxylation is 1. The Bertz CT molecular complexity index is 408. The van der Waals surface area contributed by atoms with Gasteiger partial charge in [-0.2, -0.15) is 0 Å². The van der Waals surface area contributed by atoms with Gasteiger partial charge in [-0.1, -0.05) is 0 Å². The third-order valence-electron chi connectivity index (χ3n) is 1.92. The lowest BCUT2D eigenvalue weighted by molar-refractivity contribution is -0.136. The fourth-order valence-electron chi connectivity index (χ4n) is 1.23. The molecule has 1 aromatic heterocycles. The van der Waals surface area contributed by atoms with E-state index in [1.165, 1.54) is 16.8 Å². The third kappa shape index (κ3) is 1.93. The summed E-state index contributed by atoms with van der Waals surface area (Å²) in [4.78, 5) is 21.5. The summed E-state index contributed by atoms with van der Waals surface area (Å²) in [5.41, 5.74) is -0.404. The maximum Gasteiger partial charge on any atom is 0.309 e. The highest BCUT2D eigenvalue weighted by Gasteiger charge is 2.12. The Balaban J connectivity index is 3.28. The van der Waals surface area contributed by atoms with Gasteiger partial charge in [-0.05, 0) is 6.92 Å². The van der Waals surface area contributed by atoms with Crippen LogP contribution in [-0.2, 0) is 17.8 Å². The van der Waals surface area contributed by atoms with Gasteiger partial charge in [0, 0.05) is 18.8 Å². The number of carboxylic acid groups (broad SMARTS) is 1. The van der Waals surface area contributed by atoms with E-state index < -0.39 is 17.1 Å². The quantitative estimate of drug-likeness (QED) is 0.725. The van der Waals surface area contributed by atoms with Crippen LogP contribution in [0, 0.1) is 0 Å². The topological polar surface area (TPSA) is 79.5 Å². The molecule has 0 saturated carbocycles. The molecule has 0 aromatic carbocycles. The van der Waals surface area contributed by atoms with Gasteiger partial charge in [-0.25, -0.2) is 0 Å². The van der Waals surface area contributed by atoms with Gasteiger partial charge in [0.25, 0.3) is 0 Å². The zero-order valence-electron chi connectivity index (χ0n) is 7.73. The summed E-state index contributed by atoms with van der Waals surface area (Å²) in [5.74, 6) is -1.55. The van der Waals surface area contributed by atoms with Crippen LogP contribution in [0.2, 0.25) is 0 Å². The van der Waals surface area contributed by atoms with Crippen LogP contribution in [0.3, 0.4) is 0 Å². The number of pyridine rings is 1. The van der Waals surface area contributed by atoms with Crippen molar-refractivity contribution in [2.24, 2.45) is 0 Å². The van der Waals surface area contributed by atoms with Crippen molar-refractivity contribution in [3.8, 4) is 5.75 Å². The molecule has 5 nitrogen and oxygen atoms in total. The highest BCUT2D eigenvalue weighted by atomic mass is 16.4. The molecular weight excluding hydrogens is 186 g/mol. The molecular formula is C9H11NO4. The van der Waals surface area contributed by atoms with E-state index in [0.717, 1.165) is 0 Å². The molecule has 0 atom stereocenters. The Morgan fingerprint density at radius 3 is 2.71 bits per heavy atom. The molecule has 0 fully saturated rings. The highest BCUT2D eigenvalue weighted by molar-refractivity contribution is 5.70. The summed E-state index contributed by atoms with van der Waals surface area (Å²) in [7, 11) is 0. The maximum absolute atomic E-state index is 11.0. The fourth-order valence-corrected chi connectivity index (χ4v) is 1.23. The predicted molar refractivity (Wildman–Crippen MR) is 49.4 cm³/mol. The van der Waals surface area contributed by atoms with Gasteiger partial charge in [0.2, 0.25) is 5.43 Å². The molecule has 2 N–H and O–H groups in total. The summed E-state index contributed by atoms with van der Waals surface area (Å²) in [6, 6.07) is 1.21. The predicted octanol–water partition coefficient (Wildman–Crippen LogP) is 0.201. The van der Waals surface area contributed by atoms with E-state index in [4.69, 9.17) is 5.11 Å². The number of rotatable bonds is 3. The Kier molecular flexibility index (Phi) is 2.91. The van der Waals surface area contributed by atoms with Gasteiger partial charge in [0.1, 0.15) is 0 Å². The molecule has 0 spiro atoms.